The highest BCUT2D eigenvalue weighted by molar-refractivity contribution is 7.98. The second kappa shape index (κ2) is 15.4. The molecule has 278 valence electrons. The zero-order valence-electron chi connectivity index (χ0n) is 28.6. The summed E-state index contributed by atoms with van der Waals surface area (Å²) in [6, 6.07) is 8.49. The number of benzene rings is 2. The highest BCUT2D eigenvalue weighted by Crippen LogP contribution is 2.45. The number of likely N-dealkylation sites (N-methyl/N-ethyl adjacent to an activating group) is 1. The molecule has 10 nitrogen and oxygen atoms in total. The van der Waals surface area contributed by atoms with Crippen LogP contribution in [0, 0.1) is 11.6 Å². The molecule has 1 aromatic heterocycles. The van der Waals surface area contributed by atoms with Gasteiger partial charge in [-0.2, -0.15) is 17.6 Å². The van der Waals surface area contributed by atoms with Gasteiger partial charge in [0, 0.05) is 55.3 Å². The lowest BCUT2D eigenvalue weighted by Crippen LogP contribution is -2.62. The van der Waals surface area contributed by atoms with Crippen molar-refractivity contribution in [3.8, 4) is 16.9 Å². The van der Waals surface area contributed by atoms with Crippen molar-refractivity contribution in [2.24, 2.45) is 0 Å². The van der Waals surface area contributed by atoms with Crippen molar-refractivity contribution in [2.75, 3.05) is 58.1 Å². The minimum absolute atomic E-state index is 0.0129. The SMILES string of the molecule is CSc1ccc(-c2cc(C(F)(F)F)ccc2NC(=O)C2=C(O)C3(CCCC3)N(C)N(Cc3ccc(OCCN4CCOCC4)c(F)c3F)C2=O)cn1. The summed E-state index contributed by atoms with van der Waals surface area (Å²) in [7, 11) is 1.53. The van der Waals surface area contributed by atoms with Gasteiger partial charge in [-0.15, -0.1) is 11.8 Å². The van der Waals surface area contributed by atoms with Crippen LogP contribution in [0.3, 0.4) is 0 Å². The number of halogens is 5. The van der Waals surface area contributed by atoms with Gasteiger partial charge < -0.3 is 19.9 Å². The first-order chi connectivity index (χ1) is 24.8. The number of aromatic nitrogens is 1. The monoisotopic (exact) mass is 747 g/mol. The molecular formula is C36H38F5N5O5S. The third kappa shape index (κ3) is 7.47. The van der Waals surface area contributed by atoms with Crippen molar-refractivity contribution in [1.82, 2.24) is 19.9 Å². The Balaban J connectivity index is 1.28. The number of nitrogens with zero attached hydrogens (tertiary/aromatic N) is 4. The topological polar surface area (TPSA) is 107 Å². The third-order valence-electron chi connectivity index (χ3n) is 9.83. The van der Waals surface area contributed by atoms with Gasteiger partial charge in [-0.1, -0.05) is 25.0 Å². The summed E-state index contributed by atoms with van der Waals surface area (Å²) in [6.07, 6.45) is 0.465. The van der Waals surface area contributed by atoms with Crippen molar-refractivity contribution < 1.29 is 46.1 Å². The van der Waals surface area contributed by atoms with Crippen LogP contribution >= 0.6 is 11.8 Å². The van der Waals surface area contributed by atoms with Crippen LogP contribution in [0.25, 0.3) is 11.1 Å². The van der Waals surface area contributed by atoms with Crippen LogP contribution in [0.15, 0.2) is 65.0 Å². The number of aliphatic hydroxyl groups excluding tert-OH is 1. The zero-order chi connectivity index (χ0) is 37.2. The number of morpholine rings is 1. The Morgan fingerprint density at radius 1 is 1.08 bits per heavy atom. The first kappa shape index (κ1) is 37.5. The van der Waals surface area contributed by atoms with E-state index in [1.807, 2.05) is 0 Å². The summed E-state index contributed by atoms with van der Waals surface area (Å²) in [5, 5.41) is 17.3. The number of carbonyl (C=O) groups excluding carboxylic acids is 2. The molecule has 0 atom stereocenters. The standard InChI is InChI=1S/C36H38F5N5O5S/c1-44-35(11-3-4-12-35)32(47)29(33(48)43-26-8-7-24(36(39,40)41)19-25(26)22-6-10-28(52-2)42-20-22)34(49)46(44)21-23-5-9-27(31(38)30(23)37)51-18-15-45-13-16-50-17-14-45/h5-10,19-20,47H,3-4,11-18,21H2,1-2H3,(H,43,48). The van der Waals surface area contributed by atoms with E-state index < -0.39 is 58.6 Å². The Labute approximate surface area is 301 Å². The smallest absolute Gasteiger partial charge is 0.416 e. The molecule has 52 heavy (non-hydrogen) atoms. The Morgan fingerprint density at radius 3 is 2.46 bits per heavy atom. The average Bonchev–Trinajstić information content (AvgIpc) is 3.64. The largest absolute Gasteiger partial charge is 0.509 e. The molecule has 0 bridgehead atoms. The molecule has 3 heterocycles. The molecule has 2 N–H and O–H groups in total. The van der Waals surface area contributed by atoms with E-state index in [1.165, 1.54) is 42.1 Å². The number of hydrogen-bond acceptors (Lipinski definition) is 9. The molecule has 1 aliphatic carbocycles. The minimum Gasteiger partial charge on any atom is -0.509 e. The van der Waals surface area contributed by atoms with Gasteiger partial charge in [-0.3, -0.25) is 19.5 Å². The van der Waals surface area contributed by atoms with Gasteiger partial charge in [0.2, 0.25) is 5.82 Å². The number of hydrazine groups is 1. The van der Waals surface area contributed by atoms with E-state index in [0.29, 0.717) is 63.6 Å². The van der Waals surface area contributed by atoms with Gasteiger partial charge in [0.1, 0.15) is 17.9 Å². The minimum atomic E-state index is -4.69. The lowest BCUT2D eigenvalue weighted by molar-refractivity contribution is -0.163. The summed E-state index contributed by atoms with van der Waals surface area (Å²) in [6.45, 7) is 2.70. The molecule has 3 aliphatic rings. The van der Waals surface area contributed by atoms with Crippen LogP contribution in [0.2, 0.25) is 0 Å². The number of hydrogen-bond donors (Lipinski definition) is 2. The molecule has 6 rings (SSSR count). The molecule has 2 amide bonds. The summed E-state index contributed by atoms with van der Waals surface area (Å²) in [4.78, 5) is 34.4. The molecule has 1 spiro atoms. The van der Waals surface area contributed by atoms with E-state index in [2.05, 4.69) is 15.2 Å². The highest BCUT2D eigenvalue weighted by Gasteiger charge is 2.53. The average molecular weight is 748 g/mol. The first-order valence-corrected chi connectivity index (χ1v) is 18.0. The van der Waals surface area contributed by atoms with Gasteiger partial charge in [-0.25, -0.2) is 14.4 Å². The third-order valence-corrected chi connectivity index (χ3v) is 10.5. The van der Waals surface area contributed by atoms with E-state index in [9.17, 15) is 27.9 Å². The molecule has 1 saturated heterocycles. The van der Waals surface area contributed by atoms with Gasteiger partial charge >= 0.3 is 6.18 Å². The first-order valence-electron chi connectivity index (χ1n) is 16.8. The number of aliphatic hydroxyl groups is 1. The van der Waals surface area contributed by atoms with Crippen molar-refractivity contribution in [1.29, 1.82) is 0 Å². The number of anilines is 1. The highest BCUT2D eigenvalue weighted by atomic mass is 32.2. The number of carbonyl (C=O) groups is 2. The van der Waals surface area contributed by atoms with Crippen LogP contribution in [-0.2, 0) is 27.0 Å². The maximum Gasteiger partial charge on any atom is 0.416 e. The number of amides is 2. The maximum atomic E-state index is 15.5. The van der Waals surface area contributed by atoms with Crippen molar-refractivity contribution in [3.05, 3.63) is 82.8 Å². The van der Waals surface area contributed by atoms with Crippen LogP contribution in [0.1, 0.15) is 36.8 Å². The number of thioether (sulfide) groups is 1. The van der Waals surface area contributed by atoms with Crippen LogP contribution in [-0.4, -0.2) is 95.1 Å². The number of alkyl halides is 3. The van der Waals surface area contributed by atoms with Crippen LogP contribution in [0.4, 0.5) is 27.6 Å². The lowest BCUT2D eigenvalue weighted by atomic mass is 9.88. The Bertz CT molecular complexity index is 1850. The van der Waals surface area contributed by atoms with Gasteiger partial charge in [-0.05, 0) is 49.4 Å². The summed E-state index contributed by atoms with van der Waals surface area (Å²) in [5.41, 5.74) is -2.82. The van der Waals surface area contributed by atoms with E-state index in [0.717, 1.165) is 23.2 Å². The summed E-state index contributed by atoms with van der Waals surface area (Å²) in [5.74, 6) is -5.32. The molecule has 3 aromatic rings. The Morgan fingerprint density at radius 2 is 1.81 bits per heavy atom. The number of pyridine rings is 1. The van der Waals surface area contributed by atoms with Crippen molar-refractivity contribution >= 4 is 29.3 Å². The molecule has 1 saturated carbocycles. The molecule has 16 heteroatoms. The van der Waals surface area contributed by atoms with E-state index >= 15 is 8.78 Å². The molecule has 2 fully saturated rings. The summed E-state index contributed by atoms with van der Waals surface area (Å²) < 4.78 is 82.9. The summed E-state index contributed by atoms with van der Waals surface area (Å²) >= 11 is 1.34. The van der Waals surface area contributed by atoms with Gasteiger partial charge in [0.05, 0.1) is 35.9 Å². The second-order valence-electron chi connectivity index (χ2n) is 12.8. The lowest BCUT2D eigenvalue weighted by Gasteiger charge is -2.48. The predicted molar refractivity (Wildman–Crippen MR) is 183 cm³/mol. The fourth-order valence-electron chi connectivity index (χ4n) is 6.88. The predicted octanol–water partition coefficient (Wildman–Crippen LogP) is 6.43. The zero-order valence-corrected chi connectivity index (χ0v) is 29.4. The van der Waals surface area contributed by atoms with Crippen molar-refractivity contribution in [2.45, 2.75) is 49.0 Å². The second-order valence-corrected chi connectivity index (χ2v) is 13.6. The van der Waals surface area contributed by atoms with E-state index in [-0.39, 0.29) is 34.7 Å². The molecule has 2 aliphatic heterocycles. The number of nitrogens with one attached hydrogen (secondary N) is 1. The normalized spacial score (nSPS) is 18.4. The van der Waals surface area contributed by atoms with E-state index in [1.54, 1.807) is 18.4 Å². The van der Waals surface area contributed by atoms with Crippen LogP contribution in [0.5, 0.6) is 5.75 Å². The van der Waals surface area contributed by atoms with Crippen molar-refractivity contribution in [3.63, 3.8) is 0 Å². The number of ether oxygens (including phenoxy) is 2. The molecule has 2 aromatic carbocycles. The fourth-order valence-corrected chi connectivity index (χ4v) is 7.24. The maximum absolute atomic E-state index is 15.5. The Kier molecular flexibility index (Phi) is 11.1. The van der Waals surface area contributed by atoms with Gasteiger partial charge in [0.15, 0.2) is 11.6 Å². The molecule has 0 unspecified atom stereocenters. The Hall–Kier alpha value is -4.25. The fraction of sp³-hybridized carbons (Fsp3) is 0.417. The quantitative estimate of drug-likeness (QED) is 0.138. The number of rotatable bonds is 10. The van der Waals surface area contributed by atoms with E-state index in [4.69, 9.17) is 9.47 Å². The molecule has 0 radical (unpaired) electrons. The molecular weight excluding hydrogens is 709 g/mol. The van der Waals surface area contributed by atoms with Crippen LogP contribution < -0.4 is 10.1 Å². The van der Waals surface area contributed by atoms with Gasteiger partial charge in [0.25, 0.3) is 11.8 Å².